The summed E-state index contributed by atoms with van der Waals surface area (Å²) in [6.07, 6.45) is 1.98. The van der Waals surface area contributed by atoms with Gasteiger partial charge in [0, 0.05) is 32.7 Å². The Hall–Kier alpha value is -1.10. The summed E-state index contributed by atoms with van der Waals surface area (Å²) >= 11 is 0. The van der Waals surface area contributed by atoms with Crippen molar-refractivity contribution in [2.24, 2.45) is 5.41 Å². The lowest BCUT2D eigenvalue weighted by molar-refractivity contribution is -0.149. The van der Waals surface area contributed by atoms with Crippen LogP contribution in [0.2, 0.25) is 0 Å². The Labute approximate surface area is 116 Å². The van der Waals surface area contributed by atoms with Gasteiger partial charge in [-0.25, -0.2) is 0 Å². The Morgan fingerprint density at radius 2 is 1.74 bits per heavy atom. The van der Waals surface area contributed by atoms with Crippen molar-refractivity contribution < 1.29 is 9.59 Å². The van der Waals surface area contributed by atoms with Crippen LogP contribution in [-0.2, 0) is 9.59 Å². The molecule has 1 saturated heterocycles. The molecule has 1 N–H and O–H groups in total. The van der Waals surface area contributed by atoms with E-state index in [4.69, 9.17) is 0 Å². The molecule has 0 saturated carbocycles. The number of hydrogen-bond donors (Lipinski definition) is 1. The van der Waals surface area contributed by atoms with Gasteiger partial charge in [-0.2, -0.15) is 0 Å². The standard InChI is InChI=1S/C14H27N3O2/c1-5-6-7-15-12(18)14(2,3)13(19)17-10-8-16(4)9-11-17/h5-11H2,1-4H3,(H,15,18). The first-order chi connectivity index (χ1) is 8.89. The molecule has 0 aromatic rings. The second-order valence-electron chi connectivity index (χ2n) is 5.83. The molecule has 0 spiro atoms. The molecule has 1 fully saturated rings. The Morgan fingerprint density at radius 3 is 2.26 bits per heavy atom. The van der Waals surface area contributed by atoms with Crippen molar-refractivity contribution in [2.75, 3.05) is 39.8 Å². The molecule has 1 heterocycles. The van der Waals surface area contributed by atoms with E-state index in [9.17, 15) is 9.59 Å². The van der Waals surface area contributed by atoms with Crippen molar-refractivity contribution in [1.29, 1.82) is 0 Å². The van der Waals surface area contributed by atoms with Gasteiger partial charge in [0.1, 0.15) is 5.41 Å². The quantitative estimate of drug-likeness (QED) is 0.590. The zero-order valence-electron chi connectivity index (χ0n) is 12.7. The van der Waals surface area contributed by atoms with E-state index in [1.54, 1.807) is 18.7 Å². The Morgan fingerprint density at radius 1 is 1.16 bits per heavy atom. The molecular formula is C14H27N3O2. The van der Waals surface area contributed by atoms with Crippen LogP contribution in [0, 0.1) is 5.41 Å². The monoisotopic (exact) mass is 269 g/mol. The van der Waals surface area contributed by atoms with E-state index in [1.807, 2.05) is 7.05 Å². The van der Waals surface area contributed by atoms with Gasteiger partial charge in [0.05, 0.1) is 0 Å². The summed E-state index contributed by atoms with van der Waals surface area (Å²) in [5.74, 6) is -0.223. The average Bonchev–Trinajstić information content (AvgIpc) is 2.39. The number of carbonyl (C=O) groups excluding carboxylic acids is 2. The van der Waals surface area contributed by atoms with Gasteiger partial charge in [-0.3, -0.25) is 9.59 Å². The average molecular weight is 269 g/mol. The molecular weight excluding hydrogens is 242 g/mol. The van der Waals surface area contributed by atoms with Crippen molar-refractivity contribution in [1.82, 2.24) is 15.1 Å². The topological polar surface area (TPSA) is 52.7 Å². The zero-order chi connectivity index (χ0) is 14.5. The first kappa shape index (κ1) is 16.0. The van der Waals surface area contributed by atoms with Crippen molar-refractivity contribution in [2.45, 2.75) is 33.6 Å². The van der Waals surface area contributed by atoms with Crippen LogP contribution in [0.25, 0.3) is 0 Å². The molecule has 5 heteroatoms. The lowest BCUT2D eigenvalue weighted by Crippen LogP contribution is -2.54. The van der Waals surface area contributed by atoms with E-state index in [1.165, 1.54) is 0 Å². The largest absolute Gasteiger partial charge is 0.355 e. The van der Waals surface area contributed by atoms with E-state index in [2.05, 4.69) is 17.1 Å². The highest BCUT2D eigenvalue weighted by molar-refractivity contribution is 6.04. The molecule has 110 valence electrons. The number of carbonyl (C=O) groups is 2. The fraction of sp³-hybridized carbons (Fsp3) is 0.857. The van der Waals surface area contributed by atoms with Crippen molar-refractivity contribution in [3.8, 4) is 0 Å². The molecule has 5 nitrogen and oxygen atoms in total. The van der Waals surface area contributed by atoms with Crippen LogP contribution in [0.4, 0.5) is 0 Å². The van der Waals surface area contributed by atoms with Gasteiger partial charge in [-0.1, -0.05) is 13.3 Å². The maximum Gasteiger partial charge on any atom is 0.237 e. The minimum Gasteiger partial charge on any atom is -0.355 e. The highest BCUT2D eigenvalue weighted by Crippen LogP contribution is 2.20. The number of nitrogens with one attached hydrogen (secondary N) is 1. The normalized spacial score (nSPS) is 17.4. The van der Waals surface area contributed by atoms with Crippen LogP contribution >= 0.6 is 0 Å². The van der Waals surface area contributed by atoms with Crippen LogP contribution in [0.1, 0.15) is 33.6 Å². The maximum absolute atomic E-state index is 12.4. The van der Waals surface area contributed by atoms with E-state index >= 15 is 0 Å². The molecule has 0 unspecified atom stereocenters. The molecule has 0 bridgehead atoms. The second-order valence-corrected chi connectivity index (χ2v) is 5.83. The molecule has 0 atom stereocenters. The molecule has 0 aliphatic carbocycles. The van der Waals surface area contributed by atoms with Gasteiger partial charge < -0.3 is 15.1 Å². The number of hydrogen-bond acceptors (Lipinski definition) is 3. The minimum atomic E-state index is -0.969. The molecule has 0 aromatic carbocycles. The first-order valence-corrected chi connectivity index (χ1v) is 7.15. The summed E-state index contributed by atoms with van der Waals surface area (Å²) < 4.78 is 0. The SMILES string of the molecule is CCCCNC(=O)C(C)(C)C(=O)N1CCN(C)CC1. The fourth-order valence-electron chi connectivity index (χ4n) is 2.10. The summed E-state index contributed by atoms with van der Waals surface area (Å²) in [5.41, 5.74) is -0.969. The smallest absolute Gasteiger partial charge is 0.237 e. The predicted octanol–water partition coefficient (Wildman–Crippen LogP) is 0.703. The van der Waals surface area contributed by atoms with Crippen LogP contribution in [0.5, 0.6) is 0 Å². The number of nitrogens with zero attached hydrogens (tertiary/aromatic N) is 2. The summed E-state index contributed by atoms with van der Waals surface area (Å²) in [6.45, 7) is 9.33. The van der Waals surface area contributed by atoms with E-state index in [0.717, 1.165) is 25.9 Å². The molecule has 1 aliphatic rings. The van der Waals surface area contributed by atoms with Crippen LogP contribution in [0.15, 0.2) is 0 Å². The summed E-state index contributed by atoms with van der Waals surface area (Å²) in [6, 6.07) is 0. The van der Waals surface area contributed by atoms with Gasteiger partial charge in [0.15, 0.2) is 0 Å². The summed E-state index contributed by atoms with van der Waals surface area (Å²) in [7, 11) is 2.05. The van der Waals surface area contributed by atoms with E-state index < -0.39 is 5.41 Å². The third kappa shape index (κ3) is 4.20. The van der Waals surface area contributed by atoms with E-state index in [0.29, 0.717) is 19.6 Å². The predicted molar refractivity (Wildman–Crippen MR) is 75.8 cm³/mol. The van der Waals surface area contributed by atoms with Crippen molar-refractivity contribution in [3.63, 3.8) is 0 Å². The maximum atomic E-state index is 12.4. The fourth-order valence-corrected chi connectivity index (χ4v) is 2.10. The molecule has 0 aromatic heterocycles. The van der Waals surface area contributed by atoms with Gasteiger partial charge >= 0.3 is 0 Å². The number of rotatable bonds is 5. The van der Waals surface area contributed by atoms with Gasteiger partial charge in [0.25, 0.3) is 0 Å². The summed E-state index contributed by atoms with van der Waals surface area (Å²) in [4.78, 5) is 28.6. The van der Waals surface area contributed by atoms with Crippen LogP contribution < -0.4 is 5.32 Å². The number of amides is 2. The third-order valence-corrected chi connectivity index (χ3v) is 3.71. The van der Waals surface area contributed by atoms with Crippen molar-refractivity contribution in [3.05, 3.63) is 0 Å². The third-order valence-electron chi connectivity index (χ3n) is 3.71. The molecule has 19 heavy (non-hydrogen) atoms. The zero-order valence-corrected chi connectivity index (χ0v) is 12.7. The van der Waals surface area contributed by atoms with Gasteiger partial charge in [-0.05, 0) is 27.3 Å². The molecule has 1 aliphatic heterocycles. The van der Waals surface area contributed by atoms with Gasteiger partial charge in [0.2, 0.25) is 11.8 Å². The lowest BCUT2D eigenvalue weighted by atomic mass is 9.90. The number of unbranched alkanes of at least 4 members (excludes halogenated alkanes) is 1. The molecule has 0 radical (unpaired) electrons. The van der Waals surface area contributed by atoms with E-state index in [-0.39, 0.29) is 11.8 Å². The number of piperazine rings is 1. The number of likely N-dealkylation sites (N-methyl/N-ethyl adjacent to an activating group) is 1. The Bertz CT molecular complexity index is 321. The molecule has 2 amide bonds. The van der Waals surface area contributed by atoms with Crippen LogP contribution in [-0.4, -0.2) is 61.4 Å². The lowest BCUT2D eigenvalue weighted by Gasteiger charge is -2.36. The van der Waals surface area contributed by atoms with Crippen LogP contribution in [0.3, 0.4) is 0 Å². The minimum absolute atomic E-state index is 0.0606. The first-order valence-electron chi connectivity index (χ1n) is 7.15. The highest BCUT2D eigenvalue weighted by atomic mass is 16.2. The van der Waals surface area contributed by atoms with Crippen molar-refractivity contribution >= 4 is 11.8 Å². The molecule has 1 rings (SSSR count). The second kappa shape index (κ2) is 6.89. The Kier molecular flexibility index (Phi) is 5.79. The van der Waals surface area contributed by atoms with Gasteiger partial charge in [-0.15, -0.1) is 0 Å². The highest BCUT2D eigenvalue weighted by Gasteiger charge is 2.39. The Balaban J connectivity index is 2.55. The summed E-state index contributed by atoms with van der Waals surface area (Å²) in [5, 5.41) is 2.86.